The summed E-state index contributed by atoms with van der Waals surface area (Å²) < 4.78 is 5.10. The Bertz CT molecular complexity index is 427. The van der Waals surface area contributed by atoms with E-state index in [1.807, 2.05) is 6.92 Å². The number of rotatable bonds is 6. The third-order valence-corrected chi connectivity index (χ3v) is 3.40. The molecule has 2 heterocycles. The molecule has 7 nitrogen and oxygen atoms in total. The number of nitrogens with one attached hydrogen (secondary N) is 2. The van der Waals surface area contributed by atoms with Crippen molar-refractivity contribution in [1.82, 2.24) is 19.9 Å². The molecule has 1 fully saturated rings. The van der Waals surface area contributed by atoms with Gasteiger partial charge in [0.15, 0.2) is 0 Å². The second-order valence-electron chi connectivity index (χ2n) is 5.15. The van der Waals surface area contributed by atoms with E-state index in [2.05, 4.69) is 37.5 Å². The molecule has 112 valence electrons. The Labute approximate surface area is 120 Å². The molecule has 0 amide bonds. The molecule has 0 radical (unpaired) electrons. The van der Waals surface area contributed by atoms with Crippen molar-refractivity contribution in [2.24, 2.45) is 5.92 Å². The van der Waals surface area contributed by atoms with E-state index in [4.69, 9.17) is 4.74 Å². The number of piperidine rings is 1. The first-order chi connectivity index (χ1) is 9.71. The molecule has 0 spiro atoms. The quantitative estimate of drug-likeness (QED) is 0.807. The van der Waals surface area contributed by atoms with E-state index in [1.54, 1.807) is 7.11 Å². The van der Waals surface area contributed by atoms with Gasteiger partial charge in [-0.2, -0.15) is 15.0 Å². The van der Waals surface area contributed by atoms with Crippen molar-refractivity contribution in [3.63, 3.8) is 0 Å². The zero-order valence-electron chi connectivity index (χ0n) is 12.5. The normalized spacial score (nSPS) is 19.6. The summed E-state index contributed by atoms with van der Waals surface area (Å²) in [6.07, 6.45) is 2.51. The number of likely N-dealkylation sites (tertiary alicyclic amines) is 1. The van der Waals surface area contributed by atoms with E-state index in [0.29, 0.717) is 23.8 Å². The first kappa shape index (κ1) is 14.8. The Morgan fingerprint density at radius 2 is 2.00 bits per heavy atom. The molecular formula is C13H24N6O. The van der Waals surface area contributed by atoms with Crippen molar-refractivity contribution in [2.75, 3.05) is 51.0 Å². The number of ether oxygens (including phenoxy) is 1. The van der Waals surface area contributed by atoms with Gasteiger partial charge in [0.25, 0.3) is 0 Å². The zero-order chi connectivity index (χ0) is 14.4. The zero-order valence-corrected chi connectivity index (χ0v) is 12.5. The lowest BCUT2D eigenvalue weighted by Gasteiger charge is -2.29. The number of methoxy groups -OCH3 is 1. The summed E-state index contributed by atoms with van der Waals surface area (Å²) in [5, 5.41) is 6.38. The van der Waals surface area contributed by atoms with Gasteiger partial charge < -0.3 is 20.3 Å². The lowest BCUT2D eigenvalue weighted by Crippen LogP contribution is -2.35. The largest absolute Gasteiger partial charge is 0.467 e. The second-order valence-corrected chi connectivity index (χ2v) is 5.15. The van der Waals surface area contributed by atoms with Crippen molar-refractivity contribution in [1.29, 1.82) is 0 Å². The van der Waals surface area contributed by atoms with E-state index in [1.165, 1.54) is 19.4 Å². The molecular weight excluding hydrogens is 256 g/mol. The smallest absolute Gasteiger partial charge is 0.322 e. The number of hydrogen-bond donors (Lipinski definition) is 2. The highest BCUT2D eigenvalue weighted by Crippen LogP contribution is 2.16. The van der Waals surface area contributed by atoms with Gasteiger partial charge in [0.05, 0.1) is 7.11 Å². The molecule has 2 rings (SSSR count). The van der Waals surface area contributed by atoms with Gasteiger partial charge in [0.1, 0.15) is 0 Å². The third-order valence-electron chi connectivity index (χ3n) is 3.40. The van der Waals surface area contributed by atoms with E-state index >= 15 is 0 Å². The Morgan fingerprint density at radius 1 is 1.25 bits per heavy atom. The van der Waals surface area contributed by atoms with E-state index in [0.717, 1.165) is 19.6 Å². The van der Waals surface area contributed by atoms with Gasteiger partial charge in [0, 0.05) is 19.6 Å². The minimum atomic E-state index is 0.333. The van der Waals surface area contributed by atoms with Crippen LogP contribution >= 0.6 is 0 Å². The maximum absolute atomic E-state index is 5.10. The minimum absolute atomic E-state index is 0.333. The van der Waals surface area contributed by atoms with Crippen LogP contribution in [-0.2, 0) is 0 Å². The van der Waals surface area contributed by atoms with Gasteiger partial charge in [-0.3, -0.25) is 0 Å². The van der Waals surface area contributed by atoms with E-state index in [9.17, 15) is 0 Å². The maximum atomic E-state index is 5.10. The molecule has 1 atom stereocenters. The first-order valence-electron chi connectivity index (χ1n) is 7.17. The summed E-state index contributed by atoms with van der Waals surface area (Å²) >= 11 is 0. The first-order valence-corrected chi connectivity index (χ1v) is 7.17. The number of nitrogens with zero attached hydrogens (tertiary/aromatic N) is 4. The maximum Gasteiger partial charge on any atom is 0.322 e. The fraction of sp³-hybridized carbons (Fsp3) is 0.769. The molecule has 2 N–H and O–H groups in total. The average molecular weight is 280 g/mol. The standard InChI is InChI=1S/C13H24N6O/c1-4-14-11-16-12(18-13(17-11)20-3)15-8-10-6-5-7-19(2)9-10/h10H,4-9H2,1-3H3,(H2,14,15,16,17,18). The van der Waals surface area contributed by atoms with Crippen LogP contribution in [0.4, 0.5) is 11.9 Å². The predicted molar refractivity (Wildman–Crippen MR) is 79.3 cm³/mol. The molecule has 0 aliphatic carbocycles. The Balaban J connectivity index is 1.95. The van der Waals surface area contributed by atoms with Gasteiger partial charge in [-0.1, -0.05) is 0 Å². The molecule has 0 aromatic carbocycles. The van der Waals surface area contributed by atoms with Crippen molar-refractivity contribution >= 4 is 11.9 Å². The predicted octanol–water partition coefficient (Wildman–Crippen LogP) is 1.07. The highest BCUT2D eigenvalue weighted by Gasteiger charge is 2.17. The lowest BCUT2D eigenvalue weighted by atomic mass is 9.99. The third kappa shape index (κ3) is 4.19. The van der Waals surface area contributed by atoms with E-state index < -0.39 is 0 Å². The van der Waals surface area contributed by atoms with Crippen molar-refractivity contribution in [2.45, 2.75) is 19.8 Å². The molecule has 1 saturated heterocycles. The summed E-state index contributed by atoms with van der Waals surface area (Å²) in [4.78, 5) is 15.1. The fourth-order valence-electron chi connectivity index (χ4n) is 2.44. The number of aromatic nitrogens is 3. The number of hydrogen-bond acceptors (Lipinski definition) is 7. The fourth-order valence-corrected chi connectivity index (χ4v) is 2.44. The van der Waals surface area contributed by atoms with Gasteiger partial charge >= 0.3 is 6.01 Å². The average Bonchev–Trinajstić information content (AvgIpc) is 2.45. The molecule has 1 aliphatic heterocycles. The highest BCUT2D eigenvalue weighted by atomic mass is 16.5. The Hall–Kier alpha value is -1.63. The van der Waals surface area contributed by atoms with Crippen LogP contribution in [0.2, 0.25) is 0 Å². The summed E-state index contributed by atoms with van der Waals surface area (Å²) in [5.74, 6) is 1.75. The molecule has 1 unspecified atom stereocenters. The van der Waals surface area contributed by atoms with Gasteiger partial charge in [0.2, 0.25) is 11.9 Å². The second kappa shape index (κ2) is 7.23. The van der Waals surface area contributed by atoms with Gasteiger partial charge in [-0.15, -0.1) is 0 Å². The molecule has 1 aliphatic rings. The lowest BCUT2D eigenvalue weighted by molar-refractivity contribution is 0.217. The topological polar surface area (TPSA) is 75.2 Å². The van der Waals surface area contributed by atoms with Crippen LogP contribution in [0.3, 0.4) is 0 Å². The molecule has 7 heteroatoms. The van der Waals surface area contributed by atoms with E-state index in [-0.39, 0.29) is 0 Å². The highest BCUT2D eigenvalue weighted by molar-refractivity contribution is 5.35. The Kier molecular flexibility index (Phi) is 5.34. The summed E-state index contributed by atoms with van der Waals surface area (Å²) in [5.41, 5.74) is 0. The van der Waals surface area contributed by atoms with Crippen LogP contribution in [0.1, 0.15) is 19.8 Å². The van der Waals surface area contributed by atoms with Crippen LogP contribution in [0.5, 0.6) is 6.01 Å². The summed E-state index contributed by atoms with van der Waals surface area (Å²) in [6.45, 7) is 5.96. The van der Waals surface area contributed by atoms with Crippen LogP contribution in [-0.4, -0.2) is 60.2 Å². The molecule has 1 aromatic heterocycles. The monoisotopic (exact) mass is 280 g/mol. The van der Waals surface area contributed by atoms with Crippen LogP contribution in [0.25, 0.3) is 0 Å². The van der Waals surface area contributed by atoms with Gasteiger partial charge in [-0.05, 0) is 39.3 Å². The van der Waals surface area contributed by atoms with Crippen LogP contribution in [0.15, 0.2) is 0 Å². The van der Waals surface area contributed by atoms with Crippen molar-refractivity contribution < 1.29 is 4.74 Å². The Morgan fingerprint density at radius 3 is 2.65 bits per heavy atom. The van der Waals surface area contributed by atoms with Crippen LogP contribution in [0, 0.1) is 5.92 Å². The molecule has 1 aromatic rings. The molecule has 20 heavy (non-hydrogen) atoms. The summed E-state index contributed by atoms with van der Waals surface area (Å²) in [7, 11) is 3.73. The van der Waals surface area contributed by atoms with Crippen LogP contribution < -0.4 is 15.4 Å². The SMILES string of the molecule is CCNc1nc(NCC2CCCN(C)C2)nc(OC)n1. The molecule has 0 bridgehead atoms. The van der Waals surface area contributed by atoms with Crippen molar-refractivity contribution in [3.05, 3.63) is 0 Å². The minimum Gasteiger partial charge on any atom is -0.467 e. The molecule has 0 saturated carbocycles. The van der Waals surface area contributed by atoms with Gasteiger partial charge in [-0.25, -0.2) is 0 Å². The summed E-state index contributed by atoms with van der Waals surface area (Å²) in [6, 6.07) is 0.333. The van der Waals surface area contributed by atoms with Crippen molar-refractivity contribution in [3.8, 4) is 6.01 Å². The number of anilines is 2.